The fraction of sp³-hybridized carbons (Fsp3) is 0.632. The van der Waals surface area contributed by atoms with E-state index in [-0.39, 0.29) is 23.3 Å². The molecule has 0 saturated carbocycles. The summed E-state index contributed by atoms with van der Waals surface area (Å²) in [6.45, 7) is 8.68. The quantitative estimate of drug-likeness (QED) is 0.906. The van der Waals surface area contributed by atoms with Gasteiger partial charge in [0.2, 0.25) is 5.91 Å². The van der Waals surface area contributed by atoms with Crippen LogP contribution in [0, 0.1) is 5.92 Å². The van der Waals surface area contributed by atoms with Crippen molar-refractivity contribution in [1.29, 1.82) is 0 Å². The maximum atomic E-state index is 12.4. The number of hydrogen-bond donors (Lipinski definition) is 1. The first-order valence-electron chi connectivity index (χ1n) is 8.43. The highest BCUT2D eigenvalue weighted by Crippen LogP contribution is 2.28. The zero-order chi connectivity index (χ0) is 16.2. The molecule has 2 rings (SSSR count). The van der Waals surface area contributed by atoms with Gasteiger partial charge in [-0.2, -0.15) is 0 Å². The Morgan fingerprint density at radius 3 is 2.45 bits per heavy atom. The predicted octanol–water partition coefficient (Wildman–Crippen LogP) is 3.20. The van der Waals surface area contributed by atoms with Gasteiger partial charge >= 0.3 is 0 Å². The average Bonchev–Trinajstić information content (AvgIpc) is 2.48. The third-order valence-corrected chi connectivity index (χ3v) is 4.85. The van der Waals surface area contributed by atoms with Crippen LogP contribution >= 0.6 is 0 Å². The zero-order valence-corrected chi connectivity index (χ0v) is 14.4. The largest absolute Gasteiger partial charge is 0.353 e. The standard InChI is InChI=1S/C19H30N2O/c1-15(14-19(2,3)17-8-6-5-7-9-17)20-18(22)16-10-12-21(4)13-11-16/h5-9,15-16H,10-14H2,1-4H3,(H,20,22)/t15-/m0/s1. The molecule has 0 bridgehead atoms. The average molecular weight is 302 g/mol. The number of amides is 1. The summed E-state index contributed by atoms with van der Waals surface area (Å²) in [4.78, 5) is 14.7. The Balaban J connectivity index is 1.87. The molecule has 0 aromatic heterocycles. The van der Waals surface area contributed by atoms with Crippen LogP contribution in [-0.2, 0) is 10.2 Å². The van der Waals surface area contributed by atoms with E-state index in [4.69, 9.17) is 0 Å². The van der Waals surface area contributed by atoms with Crippen LogP contribution in [0.25, 0.3) is 0 Å². The minimum Gasteiger partial charge on any atom is -0.353 e. The predicted molar refractivity (Wildman–Crippen MR) is 91.9 cm³/mol. The summed E-state index contributed by atoms with van der Waals surface area (Å²) < 4.78 is 0. The molecule has 1 aromatic rings. The Morgan fingerprint density at radius 1 is 1.27 bits per heavy atom. The number of carbonyl (C=O) groups is 1. The smallest absolute Gasteiger partial charge is 0.223 e. The van der Waals surface area contributed by atoms with E-state index in [1.807, 2.05) is 6.07 Å². The molecule has 0 radical (unpaired) electrons. The topological polar surface area (TPSA) is 32.3 Å². The number of piperidine rings is 1. The summed E-state index contributed by atoms with van der Waals surface area (Å²) in [5.41, 5.74) is 1.40. The third kappa shape index (κ3) is 4.57. The fourth-order valence-corrected chi connectivity index (χ4v) is 3.46. The van der Waals surface area contributed by atoms with Crippen LogP contribution < -0.4 is 5.32 Å². The molecule has 1 amide bonds. The first-order chi connectivity index (χ1) is 10.4. The van der Waals surface area contributed by atoms with Gasteiger partial charge < -0.3 is 10.2 Å². The van der Waals surface area contributed by atoms with Crippen molar-refractivity contribution in [2.75, 3.05) is 20.1 Å². The van der Waals surface area contributed by atoms with E-state index in [2.05, 4.69) is 62.3 Å². The first-order valence-corrected chi connectivity index (χ1v) is 8.43. The van der Waals surface area contributed by atoms with Gasteiger partial charge in [0.1, 0.15) is 0 Å². The molecule has 1 heterocycles. The Bertz CT molecular complexity index is 475. The molecule has 1 aliphatic rings. The van der Waals surface area contributed by atoms with Crippen LogP contribution in [0.2, 0.25) is 0 Å². The van der Waals surface area contributed by atoms with Gasteiger partial charge in [-0.15, -0.1) is 0 Å². The molecule has 1 atom stereocenters. The normalized spacial score (nSPS) is 18.9. The van der Waals surface area contributed by atoms with Gasteiger partial charge in [-0.1, -0.05) is 44.2 Å². The number of likely N-dealkylation sites (tertiary alicyclic amines) is 1. The Hall–Kier alpha value is -1.35. The van der Waals surface area contributed by atoms with Gasteiger partial charge in [0.05, 0.1) is 0 Å². The molecule has 1 N–H and O–H groups in total. The van der Waals surface area contributed by atoms with E-state index in [1.165, 1.54) is 5.56 Å². The molecule has 1 saturated heterocycles. The van der Waals surface area contributed by atoms with Gasteiger partial charge in [0.25, 0.3) is 0 Å². The Morgan fingerprint density at radius 2 is 1.86 bits per heavy atom. The van der Waals surface area contributed by atoms with Crippen molar-refractivity contribution >= 4 is 5.91 Å². The second-order valence-electron chi connectivity index (χ2n) is 7.44. The van der Waals surface area contributed by atoms with Crippen molar-refractivity contribution in [2.24, 2.45) is 5.92 Å². The van der Waals surface area contributed by atoms with Crippen LogP contribution in [0.4, 0.5) is 0 Å². The lowest BCUT2D eigenvalue weighted by atomic mass is 9.79. The van der Waals surface area contributed by atoms with E-state index in [1.54, 1.807) is 0 Å². The number of hydrogen-bond acceptors (Lipinski definition) is 2. The highest BCUT2D eigenvalue weighted by molar-refractivity contribution is 5.79. The summed E-state index contributed by atoms with van der Waals surface area (Å²) in [6, 6.07) is 10.8. The van der Waals surface area contributed by atoms with E-state index in [9.17, 15) is 4.79 Å². The summed E-state index contributed by atoms with van der Waals surface area (Å²) in [7, 11) is 2.12. The van der Waals surface area contributed by atoms with E-state index >= 15 is 0 Å². The number of carbonyl (C=O) groups excluding carboxylic acids is 1. The maximum Gasteiger partial charge on any atom is 0.223 e. The van der Waals surface area contributed by atoms with Crippen molar-refractivity contribution < 1.29 is 4.79 Å². The molecule has 1 fully saturated rings. The van der Waals surface area contributed by atoms with E-state index in [0.717, 1.165) is 32.4 Å². The fourth-order valence-electron chi connectivity index (χ4n) is 3.46. The highest BCUT2D eigenvalue weighted by Gasteiger charge is 2.27. The minimum atomic E-state index is 0.0702. The molecule has 3 heteroatoms. The van der Waals surface area contributed by atoms with Gasteiger partial charge in [-0.05, 0) is 57.3 Å². The molecular formula is C19H30N2O. The molecule has 1 aliphatic heterocycles. The Kier molecular flexibility index (Phi) is 5.63. The van der Waals surface area contributed by atoms with Crippen molar-refractivity contribution in [2.45, 2.75) is 51.5 Å². The van der Waals surface area contributed by atoms with Gasteiger partial charge in [0, 0.05) is 12.0 Å². The molecule has 1 aromatic carbocycles. The van der Waals surface area contributed by atoms with Crippen LogP contribution in [0.3, 0.4) is 0 Å². The highest BCUT2D eigenvalue weighted by atomic mass is 16.1. The molecule has 3 nitrogen and oxygen atoms in total. The maximum absolute atomic E-state index is 12.4. The van der Waals surface area contributed by atoms with Gasteiger partial charge in [0.15, 0.2) is 0 Å². The molecule has 0 aliphatic carbocycles. The van der Waals surface area contributed by atoms with Crippen molar-refractivity contribution in [3.05, 3.63) is 35.9 Å². The van der Waals surface area contributed by atoms with Crippen molar-refractivity contribution in [3.63, 3.8) is 0 Å². The van der Waals surface area contributed by atoms with Crippen LogP contribution in [0.5, 0.6) is 0 Å². The number of nitrogens with zero attached hydrogens (tertiary/aromatic N) is 1. The van der Waals surface area contributed by atoms with Gasteiger partial charge in [-0.3, -0.25) is 4.79 Å². The van der Waals surface area contributed by atoms with Crippen LogP contribution in [0.1, 0.15) is 45.6 Å². The number of benzene rings is 1. The summed E-state index contributed by atoms with van der Waals surface area (Å²) >= 11 is 0. The van der Waals surface area contributed by atoms with Crippen molar-refractivity contribution in [3.8, 4) is 0 Å². The van der Waals surface area contributed by atoms with E-state index < -0.39 is 0 Å². The molecule has 122 valence electrons. The third-order valence-electron chi connectivity index (χ3n) is 4.85. The monoisotopic (exact) mass is 302 g/mol. The van der Waals surface area contributed by atoms with Gasteiger partial charge in [-0.25, -0.2) is 0 Å². The Labute approximate surface area is 135 Å². The number of rotatable bonds is 5. The van der Waals surface area contributed by atoms with E-state index in [0.29, 0.717) is 0 Å². The summed E-state index contributed by atoms with van der Waals surface area (Å²) in [6.07, 6.45) is 2.92. The van der Waals surface area contributed by atoms with Crippen LogP contribution in [0.15, 0.2) is 30.3 Å². The van der Waals surface area contributed by atoms with Crippen molar-refractivity contribution in [1.82, 2.24) is 10.2 Å². The molecule has 0 unspecified atom stereocenters. The second-order valence-corrected chi connectivity index (χ2v) is 7.44. The second kappa shape index (κ2) is 7.28. The minimum absolute atomic E-state index is 0.0702. The molecular weight excluding hydrogens is 272 g/mol. The summed E-state index contributed by atoms with van der Waals surface area (Å²) in [5, 5.41) is 3.23. The van der Waals surface area contributed by atoms with Crippen LogP contribution in [-0.4, -0.2) is 37.0 Å². The number of nitrogens with one attached hydrogen (secondary N) is 1. The molecule has 0 spiro atoms. The SMILES string of the molecule is C[C@@H](CC(C)(C)c1ccccc1)NC(=O)C1CCN(C)CC1. The summed E-state index contributed by atoms with van der Waals surface area (Å²) in [5.74, 6) is 0.433. The lowest BCUT2D eigenvalue weighted by Crippen LogP contribution is -2.43. The lowest BCUT2D eigenvalue weighted by Gasteiger charge is -2.32. The lowest BCUT2D eigenvalue weighted by molar-refractivity contribution is -0.127. The zero-order valence-electron chi connectivity index (χ0n) is 14.4. The molecule has 22 heavy (non-hydrogen) atoms. The first kappa shape index (κ1) is 17.0.